The van der Waals surface area contributed by atoms with E-state index in [-0.39, 0.29) is 5.78 Å². The summed E-state index contributed by atoms with van der Waals surface area (Å²) in [5, 5.41) is 0. The van der Waals surface area contributed by atoms with E-state index in [0.29, 0.717) is 11.3 Å². The molecule has 0 N–H and O–H groups in total. The van der Waals surface area contributed by atoms with Gasteiger partial charge in [0.15, 0.2) is 5.78 Å². The Morgan fingerprint density at radius 2 is 2.00 bits per heavy atom. The molecule has 0 amide bonds. The molecule has 3 nitrogen and oxygen atoms in total. The number of carbonyl (C=O) groups excluding carboxylic acids is 2. The molecule has 0 aromatic heterocycles. The molecule has 0 saturated carbocycles. The number of aryl methyl sites for hydroxylation is 1. The number of Topliss-reactive ketones (excluding diaryl/α,β-unsaturated/α-hetero) is 1. The SMILES string of the molecule is Cc1ccc2c(c1)C(=O)C(C)C(=O)O2. The first-order valence-electron chi connectivity index (χ1n) is 4.46. The standard InChI is InChI=1S/C11H10O3/c1-6-3-4-9-8(5-6)10(12)7(2)11(13)14-9/h3-5,7H,1-2H3. The largest absolute Gasteiger partial charge is 0.425 e. The van der Waals surface area contributed by atoms with Crippen molar-refractivity contribution in [1.29, 1.82) is 0 Å². The number of hydrogen-bond acceptors (Lipinski definition) is 3. The van der Waals surface area contributed by atoms with E-state index in [2.05, 4.69) is 0 Å². The Kier molecular flexibility index (Phi) is 1.88. The number of benzene rings is 1. The van der Waals surface area contributed by atoms with Crippen molar-refractivity contribution in [2.45, 2.75) is 13.8 Å². The van der Waals surface area contributed by atoms with E-state index in [0.717, 1.165) is 5.56 Å². The van der Waals surface area contributed by atoms with Gasteiger partial charge in [0.05, 0.1) is 5.56 Å². The fourth-order valence-electron chi connectivity index (χ4n) is 1.46. The van der Waals surface area contributed by atoms with Crippen LogP contribution in [0.15, 0.2) is 18.2 Å². The summed E-state index contributed by atoms with van der Waals surface area (Å²) < 4.78 is 5.01. The zero-order chi connectivity index (χ0) is 10.3. The maximum Gasteiger partial charge on any atom is 0.321 e. The van der Waals surface area contributed by atoms with Crippen LogP contribution in [0, 0.1) is 12.8 Å². The van der Waals surface area contributed by atoms with E-state index in [1.54, 1.807) is 19.1 Å². The highest BCUT2D eigenvalue weighted by atomic mass is 16.5. The summed E-state index contributed by atoms with van der Waals surface area (Å²) in [6, 6.07) is 5.22. The second-order valence-corrected chi connectivity index (χ2v) is 3.51. The predicted molar refractivity (Wildman–Crippen MR) is 50.3 cm³/mol. The lowest BCUT2D eigenvalue weighted by molar-refractivity contribution is -0.137. The average Bonchev–Trinajstić information content (AvgIpc) is 2.16. The summed E-state index contributed by atoms with van der Waals surface area (Å²) in [5.41, 5.74) is 1.50. The third kappa shape index (κ3) is 1.21. The molecule has 1 aliphatic heterocycles. The van der Waals surface area contributed by atoms with Gasteiger partial charge in [-0.25, -0.2) is 0 Å². The van der Waals surface area contributed by atoms with E-state index >= 15 is 0 Å². The van der Waals surface area contributed by atoms with Crippen molar-refractivity contribution < 1.29 is 14.3 Å². The first-order valence-corrected chi connectivity index (χ1v) is 4.46. The molecule has 1 aliphatic rings. The number of ketones is 1. The summed E-state index contributed by atoms with van der Waals surface area (Å²) in [6.07, 6.45) is 0. The molecule has 0 spiro atoms. The summed E-state index contributed by atoms with van der Waals surface area (Å²) in [4.78, 5) is 22.9. The molecule has 2 rings (SSSR count). The van der Waals surface area contributed by atoms with Crippen molar-refractivity contribution >= 4 is 11.8 Å². The minimum atomic E-state index is -0.677. The fourth-order valence-corrected chi connectivity index (χ4v) is 1.46. The van der Waals surface area contributed by atoms with Gasteiger partial charge in [0.2, 0.25) is 0 Å². The molecule has 1 atom stereocenters. The Labute approximate surface area is 81.7 Å². The van der Waals surface area contributed by atoms with Gasteiger partial charge in [-0.05, 0) is 26.0 Å². The molecule has 0 bridgehead atoms. The highest BCUT2D eigenvalue weighted by molar-refractivity contribution is 6.13. The van der Waals surface area contributed by atoms with Crippen LogP contribution in [0.3, 0.4) is 0 Å². The van der Waals surface area contributed by atoms with Gasteiger partial charge < -0.3 is 4.74 Å². The van der Waals surface area contributed by atoms with Gasteiger partial charge in [-0.1, -0.05) is 11.6 Å². The van der Waals surface area contributed by atoms with E-state index in [9.17, 15) is 9.59 Å². The lowest BCUT2D eigenvalue weighted by Gasteiger charge is -2.19. The minimum Gasteiger partial charge on any atom is -0.425 e. The zero-order valence-electron chi connectivity index (χ0n) is 8.03. The van der Waals surface area contributed by atoms with Gasteiger partial charge in [0, 0.05) is 0 Å². The molecule has 0 saturated heterocycles. The third-order valence-corrected chi connectivity index (χ3v) is 2.36. The summed E-state index contributed by atoms with van der Waals surface area (Å²) in [6.45, 7) is 3.46. The van der Waals surface area contributed by atoms with Gasteiger partial charge in [-0.2, -0.15) is 0 Å². The molecule has 14 heavy (non-hydrogen) atoms. The molecule has 1 unspecified atom stereocenters. The Hall–Kier alpha value is -1.64. The molecule has 72 valence electrons. The number of rotatable bonds is 0. The molecule has 0 fully saturated rings. The molecule has 1 heterocycles. The summed E-state index contributed by atoms with van der Waals surface area (Å²) in [5.74, 6) is -0.917. The molecule has 0 radical (unpaired) electrons. The quantitative estimate of drug-likeness (QED) is 0.355. The Balaban J connectivity index is 2.57. The number of hydrogen-bond donors (Lipinski definition) is 0. The molecular formula is C11H10O3. The van der Waals surface area contributed by atoms with Crippen LogP contribution in [-0.4, -0.2) is 11.8 Å². The Bertz CT molecular complexity index is 421. The van der Waals surface area contributed by atoms with Gasteiger partial charge in [-0.3, -0.25) is 9.59 Å². The normalized spacial score (nSPS) is 20.3. The lowest BCUT2D eigenvalue weighted by atomic mass is 9.95. The molecular weight excluding hydrogens is 180 g/mol. The molecule has 0 aliphatic carbocycles. The second kappa shape index (κ2) is 2.94. The van der Waals surface area contributed by atoms with E-state index in [1.807, 2.05) is 13.0 Å². The summed E-state index contributed by atoms with van der Waals surface area (Å²) >= 11 is 0. The molecule has 3 heteroatoms. The van der Waals surface area contributed by atoms with Gasteiger partial charge in [0.1, 0.15) is 11.7 Å². The number of esters is 1. The number of carbonyl (C=O) groups is 2. The highest BCUT2D eigenvalue weighted by Crippen LogP contribution is 2.28. The van der Waals surface area contributed by atoms with Crippen LogP contribution in [-0.2, 0) is 4.79 Å². The van der Waals surface area contributed by atoms with Gasteiger partial charge in [0.25, 0.3) is 0 Å². The number of fused-ring (bicyclic) bond motifs is 1. The van der Waals surface area contributed by atoms with E-state index < -0.39 is 11.9 Å². The fraction of sp³-hybridized carbons (Fsp3) is 0.273. The predicted octanol–water partition coefficient (Wildman–Crippen LogP) is 1.73. The van der Waals surface area contributed by atoms with Gasteiger partial charge >= 0.3 is 5.97 Å². The van der Waals surface area contributed by atoms with Crippen LogP contribution in [0.4, 0.5) is 0 Å². The van der Waals surface area contributed by atoms with Crippen LogP contribution in [0.25, 0.3) is 0 Å². The minimum absolute atomic E-state index is 0.153. The topological polar surface area (TPSA) is 43.4 Å². The van der Waals surface area contributed by atoms with Crippen LogP contribution in [0.5, 0.6) is 5.75 Å². The first kappa shape index (κ1) is 8.94. The maximum atomic E-state index is 11.7. The van der Waals surface area contributed by atoms with Crippen LogP contribution >= 0.6 is 0 Å². The summed E-state index contributed by atoms with van der Waals surface area (Å²) in [7, 11) is 0. The van der Waals surface area contributed by atoms with Crippen LogP contribution in [0.2, 0.25) is 0 Å². The smallest absolute Gasteiger partial charge is 0.321 e. The first-order chi connectivity index (χ1) is 6.59. The van der Waals surface area contributed by atoms with Crippen molar-refractivity contribution in [2.75, 3.05) is 0 Å². The van der Waals surface area contributed by atoms with Crippen molar-refractivity contribution in [3.05, 3.63) is 29.3 Å². The molecule has 1 aromatic carbocycles. The van der Waals surface area contributed by atoms with Gasteiger partial charge in [-0.15, -0.1) is 0 Å². The highest BCUT2D eigenvalue weighted by Gasteiger charge is 2.32. The van der Waals surface area contributed by atoms with Crippen LogP contribution in [0.1, 0.15) is 22.8 Å². The monoisotopic (exact) mass is 190 g/mol. The average molecular weight is 190 g/mol. The zero-order valence-corrected chi connectivity index (χ0v) is 8.03. The molecule has 1 aromatic rings. The van der Waals surface area contributed by atoms with Crippen molar-refractivity contribution in [3.8, 4) is 5.75 Å². The third-order valence-electron chi connectivity index (χ3n) is 2.36. The van der Waals surface area contributed by atoms with E-state index in [4.69, 9.17) is 4.74 Å². The van der Waals surface area contributed by atoms with Crippen LogP contribution < -0.4 is 4.74 Å². The Morgan fingerprint density at radius 1 is 1.29 bits per heavy atom. The number of ether oxygens (including phenoxy) is 1. The van der Waals surface area contributed by atoms with Crippen molar-refractivity contribution in [2.24, 2.45) is 5.92 Å². The maximum absolute atomic E-state index is 11.7. The Morgan fingerprint density at radius 3 is 2.71 bits per heavy atom. The van der Waals surface area contributed by atoms with E-state index in [1.165, 1.54) is 0 Å². The second-order valence-electron chi connectivity index (χ2n) is 3.51. The van der Waals surface area contributed by atoms with Crippen molar-refractivity contribution in [3.63, 3.8) is 0 Å². The lowest BCUT2D eigenvalue weighted by Crippen LogP contribution is -2.31. The van der Waals surface area contributed by atoms with Crippen molar-refractivity contribution in [1.82, 2.24) is 0 Å².